The normalized spacial score (nSPS) is 10.7. The first-order valence-electron chi connectivity index (χ1n) is 5.25. The Balaban J connectivity index is 1.93. The minimum atomic E-state index is -0.891. The van der Waals surface area contributed by atoms with E-state index in [1.807, 2.05) is 13.1 Å². The second-order valence-electron chi connectivity index (χ2n) is 3.65. The first kappa shape index (κ1) is 12.6. The maximum Gasteiger partial charge on any atom is 0.313 e. The molecule has 2 heterocycles. The maximum atomic E-state index is 10.5. The Kier molecular flexibility index (Phi) is 3.92. The van der Waals surface area contributed by atoms with Gasteiger partial charge in [-0.05, 0) is 22.9 Å². The summed E-state index contributed by atoms with van der Waals surface area (Å²) in [6.45, 7) is 3.16. The lowest BCUT2D eigenvalue weighted by molar-refractivity contribution is -0.133. The van der Waals surface area contributed by atoms with Crippen molar-refractivity contribution >= 4 is 17.7 Å². The summed E-state index contributed by atoms with van der Waals surface area (Å²) < 4.78 is 3.37. The maximum absolute atomic E-state index is 10.5. The quantitative estimate of drug-likeness (QED) is 0.739. The molecule has 0 amide bonds. The number of aryl methyl sites for hydroxylation is 3. The summed E-state index contributed by atoms with van der Waals surface area (Å²) in [6.07, 6.45) is 3.70. The number of carboxylic acids is 1. The summed E-state index contributed by atoms with van der Waals surface area (Å²) in [5, 5.41) is 24.4. The average Bonchev–Trinajstić information content (AvgIpc) is 2.92. The standard InChI is InChI=1S/C9H12N6O2S/c1-7-4-10-14(5-7)2-3-15-9(11-12-13-15)18-6-8(16)17/h4-5H,2-3,6H2,1H3,(H,16,17). The highest BCUT2D eigenvalue weighted by molar-refractivity contribution is 7.99. The topological polar surface area (TPSA) is 98.7 Å². The number of nitrogens with zero attached hydrogens (tertiary/aromatic N) is 6. The van der Waals surface area contributed by atoms with Crippen LogP contribution in [0.1, 0.15) is 5.56 Å². The van der Waals surface area contributed by atoms with E-state index in [4.69, 9.17) is 5.11 Å². The number of aliphatic carboxylic acids is 1. The summed E-state index contributed by atoms with van der Waals surface area (Å²) in [4.78, 5) is 10.5. The van der Waals surface area contributed by atoms with Crippen molar-refractivity contribution in [1.82, 2.24) is 30.0 Å². The van der Waals surface area contributed by atoms with E-state index in [1.54, 1.807) is 15.6 Å². The number of carbonyl (C=O) groups is 1. The summed E-state index contributed by atoms with van der Waals surface area (Å²) in [5.41, 5.74) is 1.09. The molecule has 0 unspecified atom stereocenters. The fraction of sp³-hybridized carbons (Fsp3) is 0.444. The van der Waals surface area contributed by atoms with Gasteiger partial charge in [0.1, 0.15) is 0 Å². The third-order valence-corrected chi connectivity index (χ3v) is 3.07. The molecule has 2 rings (SSSR count). The van der Waals surface area contributed by atoms with Gasteiger partial charge in [-0.3, -0.25) is 9.48 Å². The first-order valence-corrected chi connectivity index (χ1v) is 6.23. The molecule has 0 saturated carbocycles. The fourth-order valence-corrected chi connectivity index (χ4v) is 1.98. The lowest BCUT2D eigenvalue weighted by atomic mass is 10.4. The van der Waals surface area contributed by atoms with Crippen LogP contribution >= 0.6 is 11.8 Å². The number of thioether (sulfide) groups is 1. The average molecular weight is 268 g/mol. The molecule has 0 fully saturated rings. The van der Waals surface area contributed by atoms with Crippen LogP contribution in [0.15, 0.2) is 17.6 Å². The van der Waals surface area contributed by atoms with Crippen molar-refractivity contribution in [1.29, 1.82) is 0 Å². The van der Waals surface area contributed by atoms with Crippen LogP contribution in [0.3, 0.4) is 0 Å². The Morgan fingerprint density at radius 2 is 2.33 bits per heavy atom. The van der Waals surface area contributed by atoms with Crippen molar-refractivity contribution in [2.24, 2.45) is 0 Å². The van der Waals surface area contributed by atoms with Gasteiger partial charge in [0.25, 0.3) is 0 Å². The van der Waals surface area contributed by atoms with Gasteiger partial charge in [0, 0.05) is 6.20 Å². The van der Waals surface area contributed by atoms with Gasteiger partial charge in [-0.2, -0.15) is 5.10 Å². The van der Waals surface area contributed by atoms with Crippen molar-refractivity contribution in [3.8, 4) is 0 Å². The summed E-state index contributed by atoms with van der Waals surface area (Å²) in [5.74, 6) is -0.946. The van der Waals surface area contributed by atoms with Crippen molar-refractivity contribution < 1.29 is 9.90 Å². The van der Waals surface area contributed by atoms with Crippen LogP contribution < -0.4 is 0 Å². The van der Waals surface area contributed by atoms with Crippen molar-refractivity contribution in [2.75, 3.05) is 5.75 Å². The number of rotatable bonds is 6. The van der Waals surface area contributed by atoms with Crippen LogP contribution in [-0.2, 0) is 17.9 Å². The highest BCUT2D eigenvalue weighted by Gasteiger charge is 2.09. The van der Waals surface area contributed by atoms with E-state index in [1.165, 1.54) is 0 Å². The zero-order valence-electron chi connectivity index (χ0n) is 9.72. The number of carboxylic acid groups (broad SMARTS) is 1. The third-order valence-electron chi connectivity index (χ3n) is 2.13. The molecule has 0 aromatic carbocycles. The van der Waals surface area contributed by atoms with Crippen LogP contribution in [0, 0.1) is 6.92 Å². The van der Waals surface area contributed by atoms with E-state index in [0.29, 0.717) is 18.2 Å². The highest BCUT2D eigenvalue weighted by atomic mass is 32.2. The molecule has 0 atom stereocenters. The molecule has 0 aliphatic rings. The second kappa shape index (κ2) is 5.63. The second-order valence-corrected chi connectivity index (χ2v) is 4.59. The van der Waals surface area contributed by atoms with Gasteiger partial charge in [-0.15, -0.1) is 5.10 Å². The Morgan fingerprint density at radius 1 is 1.50 bits per heavy atom. The number of hydrogen-bond donors (Lipinski definition) is 1. The molecule has 1 N–H and O–H groups in total. The predicted octanol–water partition coefficient (Wildman–Crippen LogP) is 0.0549. The van der Waals surface area contributed by atoms with E-state index in [0.717, 1.165) is 17.3 Å². The number of tetrazole rings is 1. The van der Waals surface area contributed by atoms with Gasteiger partial charge < -0.3 is 5.11 Å². The lowest BCUT2D eigenvalue weighted by Crippen LogP contribution is -2.11. The van der Waals surface area contributed by atoms with Crippen LogP contribution in [0.2, 0.25) is 0 Å². The molecular formula is C9H12N6O2S. The van der Waals surface area contributed by atoms with Crippen LogP contribution in [-0.4, -0.2) is 46.8 Å². The van der Waals surface area contributed by atoms with E-state index in [-0.39, 0.29) is 5.75 Å². The van der Waals surface area contributed by atoms with Crippen LogP contribution in [0.25, 0.3) is 0 Å². The van der Waals surface area contributed by atoms with Gasteiger partial charge in [-0.25, -0.2) is 4.68 Å². The molecule has 2 aromatic rings. The molecule has 0 radical (unpaired) electrons. The molecule has 0 aliphatic carbocycles. The van der Waals surface area contributed by atoms with Gasteiger partial charge in [0.05, 0.1) is 25.0 Å². The van der Waals surface area contributed by atoms with Gasteiger partial charge in [0.15, 0.2) is 0 Å². The predicted molar refractivity (Wildman–Crippen MR) is 63.1 cm³/mol. The summed E-state index contributed by atoms with van der Waals surface area (Å²) in [6, 6.07) is 0. The molecule has 0 aliphatic heterocycles. The highest BCUT2D eigenvalue weighted by Crippen LogP contribution is 2.12. The number of aromatic nitrogens is 6. The Hall–Kier alpha value is -1.90. The summed E-state index contributed by atoms with van der Waals surface area (Å²) >= 11 is 1.10. The monoisotopic (exact) mass is 268 g/mol. The van der Waals surface area contributed by atoms with E-state index >= 15 is 0 Å². The molecule has 2 aromatic heterocycles. The Morgan fingerprint density at radius 3 is 3.00 bits per heavy atom. The van der Waals surface area contributed by atoms with Crippen molar-refractivity contribution in [3.63, 3.8) is 0 Å². The van der Waals surface area contributed by atoms with E-state index in [2.05, 4.69) is 20.6 Å². The summed E-state index contributed by atoms with van der Waals surface area (Å²) in [7, 11) is 0. The van der Waals surface area contributed by atoms with Gasteiger partial charge >= 0.3 is 5.97 Å². The van der Waals surface area contributed by atoms with Crippen molar-refractivity contribution in [3.05, 3.63) is 18.0 Å². The molecule has 0 bridgehead atoms. The SMILES string of the molecule is Cc1cnn(CCn2nnnc2SCC(=O)O)c1. The zero-order valence-corrected chi connectivity index (χ0v) is 10.5. The minimum Gasteiger partial charge on any atom is -0.481 e. The fourth-order valence-electron chi connectivity index (χ4n) is 1.35. The molecule has 96 valence electrons. The molecule has 8 nitrogen and oxygen atoms in total. The minimum absolute atomic E-state index is 0.0543. The first-order chi connectivity index (χ1) is 8.65. The van der Waals surface area contributed by atoms with Gasteiger partial charge in [0.2, 0.25) is 5.16 Å². The lowest BCUT2D eigenvalue weighted by Gasteiger charge is -2.03. The van der Waals surface area contributed by atoms with E-state index in [9.17, 15) is 4.79 Å². The molecule has 0 saturated heterocycles. The van der Waals surface area contributed by atoms with Gasteiger partial charge in [-0.1, -0.05) is 11.8 Å². The van der Waals surface area contributed by atoms with Crippen molar-refractivity contribution in [2.45, 2.75) is 25.2 Å². The molecule has 9 heteroatoms. The zero-order chi connectivity index (χ0) is 13.0. The van der Waals surface area contributed by atoms with Crippen LogP contribution in [0.4, 0.5) is 0 Å². The third kappa shape index (κ3) is 3.29. The van der Waals surface area contributed by atoms with Crippen LogP contribution in [0.5, 0.6) is 0 Å². The molecular weight excluding hydrogens is 256 g/mol. The largest absolute Gasteiger partial charge is 0.481 e. The Bertz CT molecular complexity index is 537. The number of hydrogen-bond acceptors (Lipinski definition) is 6. The smallest absolute Gasteiger partial charge is 0.313 e. The molecule has 18 heavy (non-hydrogen) atoms. The Labute approximate surface area is 107 Å². The molecule has 0 spiro atoms. The van der Waals surface area contributed by atoms with E-state index < -0.39 is 5.97 Å².